The van der Waals surface area contributed by atoms with E-state index in [4.69, 9.17) is 5.11 Å². The van der Waals surface area contributed by atoms with Gasteiger partial charge in [0.05, 0.1) is 11.1 Å². The molecule has 1 unspecified atom stereocenters. The zero-order valence-corrected chi connectivity index (χ0v) is 18.9. The summed E-state index contributed by atoms with van der Waals surface area (Å²) in [6.07, 6.45) is -3.39. The zero-order valence-electron chi connectivity index (χ0n) is 18.9. The number of aromatic carboxylic acids is 1. The first-order chi connectivity index (χ1) is 17.1. The zero-order chi connectivity index (χ0) is 25.9. The number of amides is 3. The van der Waals surface area contributed by atoms with Crippen LogP contribution >= 0.6 is 0 Å². The highest BCUT2D eigenvalue weighted by Crippen LogP contribution is 2.30. The lowest BCUT2D eigenvalue weighted by Crippen LogP contribution is -2.45. The van der Waals surface area contributed by atoms with Crippen LogP contribution in [0.4, 0.5) is 29.3 Å². The van der Waals surface area contributed by atoms with Crippen LogP contribution in [0.5, 0.6) is 0 Å². The maximum Gasteiger partial charge on any atom is 0.416 e. The molecule has 3 aromatic rings. The number of carboxylic acid groups (broad SMARTS) is 1. The molecule has 0 aromatic heterocycles. The van der Waals surface area contributed by atoms with Gasteiger partial charge in [-0.15, -0.1) is 0 Å². The van der Waals surface area contributed by atoms with Crippen molar-refractivity contribution in [2.45, 2.75) is 25.1 Å². The molecule has 0 aliphatic carbocycles. The SMILES string of the molecule is O=C(O)c1ccc(-c2ccc(NC(=O)C3CCCN3C(=O)Nc3ccc(C(F)(F)F)cc3)cc2)cc1. The van der Waals surface area contributed by atoms with Crippen LogP contribution in [-0.4, -0.2) is 40.5 Å². The van der Waals surface area contributed by atoms with Gasteiger partial charge in [-0.1, -0.05) is 24.3 Å². The van der Waals surface area contributed by atoms with E-state index in [1.807, 2.05) is 0 Å². The van der Waals surface area contributed by atoms with Crippen molar-refractivity contribution < 1.29 is 32.7 Å². The molecule has 1 aliphatic heterocycles. The largest absolute Gasteiger partial charge is 0.478 e. The number of nitrogens with one attached hydrogen (secondary N) is 2. The summed E-state index contributed by atoms with van der Waals surface area (Å²) in [5, 5.41) is 14.4. The van der Waals surface area contributed by atoms with E-state index < -0.39 is 29.8 Å². The highest BCUT2D eigenvalue weighted by Gasteiger charge is 2.34. The molecule has 3 N–H and O–H groups in total. The van der Waals surface area contributed by atoms with E-state index in [9.17, 15) is 27.6 Å². The molecule has 0 spiro atoms. The Morgan fingerprint density at radius 1 is 0.806 bits per heavy atom. The topological polar surface area (TPSA) is 98.7 Å². The Bertz CT molecular complexity index is 1260. The Kier molecular flexibility index (Phi) is 6.96. The predicted octanol–water partition coefficient (Wildman–Crippen LogP) is 5.71. The molecule has 0 radical (unpaired) electrons. The Morgan fingerprint density at radius 3 is 1.89 bits per heavy atom. The first kappa shape index (κ1) is 24.8. The summed E-state index contributed by atoms with van der Waals surface area (Å²) in [6, 6.07) is 16.2. The van der Waals surface area contributed by atoms with Crippen molar-refractivity contribution in [3.63, 3.8) is 0 Å². The van der Waals surface area contributed by atoms with Crippen LogP contribution in [0.3, 0.4) is 0 Å². The third-order valence-corrected chi connectivity index (χ3v) is 5.90. The third-order valence-electron chi connectivity index (χ3n) is 5.90. The van der Waals surface area contributed by atoms with Gasteiger partial charge < -0.3 is 20.6 Å². The fourth-order valence-electron chi connectivity index (χ4n) is 4.00. The van der Waals surface area contributed by atoms with E-state index in [2.05, 4.69) is 10.6 Å². The normalized spacial score (nSPS) is 15.4. The molecule has 7 nitrogen and oxygen atoms in total. The molecule has 36 heavy (non-hydrogen) atoms. The van der Waals surface area contributed by atoms with Crippen LogP contribution in [0, 0.1) is 0 Å². The van der Waals surface area contributed by atoms with E-state index in [0.717, 1.165) is 23.3 Å². The lowest BCUT2D eigenvalue weighted by Gasteiger charge is -2.24. The molecule has 0 bridgehead atoms. The van der Waals surface area contributed by atoms with Gasteiger partial charge in [0.2, 0.25) is 5.91 Å². The van der Waals surface area contributed by atoms with E-state index in [0.29, 0.717) is 25.1 Å². The number of halogens is 3. The molecule has 186 valence electrons. The Labute approximate surface area is 204 Å². The van der Waals surface area contributed by atoms with Crippen LogP contribution in [0.15, 0.2) is 72.8 Å². The lowest BCUT2D eigenvalue weighted by molar-refractivity contribution is -0.137. The monoisotopic (exact) mass is 497 g/mol. The number of nitrogens with zero attached hydrogens (tertiary/aromatic N) is 1. The Hall–Kier alpha value is -4.34. The van der Waals surface area contributed by atoms with Crippen molar-refractivity contribution in [2.75, 3.05) is 17.2 Å². The van der Waals surface area contributed by atoms with Crippen molar-refractivity contribution >= 4 is 29.3 Å². The smallest absolute Gasteiger partial charge is 0.416 e. The van der Waals surface area contributed by atoms with Gasteiger partial charge in [-0.3, -0.25) is 4.79 Å². The molecule has 0 saturated carbocycles. The second kappa shape index (κ2) is 10.1. The molecular formula is C26H22F3N3O4. The first-order valence-electron chi connectivity index (χ1n) is 11.1. The lowest BCUT2D eigenvalue weighted by atomic mass is 10.0. The summed E-state index contributed by atoms with van der Waals surface area (Å²) < 4.78 is 38.2. The molecular weight excluding hydrogens is 475 g/mol. The van der Waals surface area contributed by atoms with E-state index in [1.165, 1.54) is 29.2 Å². The van der Waals surface area contributed by atoms with Gasteiger partial charge in [-0.05, 0) is 72.5 Å². The minimum atomic E-state index is -4.47. The molecule has 4 rings (SSSR count). The second-order valence-electron chi connectivity index (χ2n) is 8.31. The third kappa shape index (κ3) is 5.65. The minimum absolute atomic E-state index is 0.186. The Balaban J connectivity index is 1.37. The molecule has 1 saturated heterocycles. The quantitative estimate of drug-likeness (QED) is 0.421. The summed E-state index contributed by atoms with van der Waals surface area (Å²) in [5.41, 5.74) is 1.75. The van der Waals surface area contributed by atoms with E-state index in [-0.39, 0.29) is 17.2 Å². The maximum absolute atomic E-state index is 12.9. The highest BCUT2D eigenvalue weighted by atomic mass is 19.4. The van der Waals surface area contributed by atoms with Crippen LogP contribution in [0.2, 0.25) is 0 Å². The molecule has 10 heteroatoms. The summed E-state index contributed by atoms with van der Waals surface area (Å²) in [6.45, 7) is 0.343. The number of urea groups is 1. The molecule has 1 heterocycles. The first-order valence-corrected chi connectivity index (χ1v) is 11.1. The van der Waals surface area contributed by atoms with E-state index >= 15 is 0 Å². The van der Waals surface area contributed by atoms with Crippen LogP contribution in [0.25, 0.3) is 11.1 Å². The number of hydrogen-bond acceptors (Lipinski definition) is 3. The van der Waals surface area contributed by atoms with Crippen molar-refractivity contribution in [3.05, 3.63) is 83.9 Å². The number of carbonyl (C=O) groups is 3. The fourth-order valence-corrected chi connectivity index (χ4v) is 4.00. The van der Waals surface area contributed by atoms with Gasteiger partial charge >= 0.3 is 18.2 Å². The maximum atomic E-state index is 12.9. The summed E-state index contributed by atoms with van der Waals surface area (Å²) in [7, 11) is 0. The van der Waals surface area contributed by atoms with Crippen LogP contribution in [0.1, 0.15) is 28.8 Å². The van der Waals surface area contributed by atoms with Crippen molar-refractivity contribution in [1.29, 1.82) is 0 Å². The molecule has 1 aliphatic rings. The molecule has 1 fully saturated rings. The number of rotatable bonds is 5. The average molecular weight is 497 g/mol. The molecule has 3 aromatic carbocycles. The number of benzene rings is 3. The van der Waals surface area contributed by atoms with Crippen LogP contribution in [-0.2, 0) is 11.0 Å². The minimum Gasteiger partial charge on any atom is -0.478 e. The number of alkyl halides is 3. The van der Waals surface area contributed by atoms with Gasteiger partial charge in [-0.2, -0.15) is 13.2 Å². The van der Waals surface area contributed by atoms with Gasteiger partial charge in [0.25, 0.3) is 0 Å². The predicted molar refractivity (Wildman–Crippen MR) is 128 cm³/mol. The fraction of sp³-hybridized carbons (Fsp3) is 0.192. The van der Waals surface area contributed by atoms with Gasteiger partial charge in [0.1, 0.15) is 6.04 Å². The Morgan fingerprint density at radius 2 is 1.33 bits per heavy atom. The summed E-state index contributed by atoms with van der Waals surface area (Å²) in [4.78, 5) is 38.0. The van der Waals surface area contributed by atoms with Crippen molar-refractivity contribution in [1.82, 2.24) is 4.90 Å². The van der Waals surface area contributed by atoms with E-state index in [1.54, 1.807) is 36.4 Å². The second-order valence-corrected chi connectivity index (χ2v) is 8.31. The number of hydrogen-bond donors (Lipinski definition) is 3. The van der Waals surface area contributed by atoms with Gasteiger partial charge in [0, 0.05) is 17.9 Å². The summed E-state index contributed by atoms with van der Waals surface area (Å²) >= 11 is 0. The summed E-state index contributed by atoms with van der Waals surface area (Å²) in [5.74, 6) is -1.37. The van der Waals surface area contributed by atoms with Gasteiger partial charge in [0.15, 0.2) is 0 Å². The number of likely N-dealkylation sites (tertiary alicyclic amines) is 1. The number of carbonyl (C=O) groups excluding carboxylic acids is 2. The van der Waals surface area contributed by atoms with Gasteiger partial charge in [-0.25, -0.2) is 9.59 Å². The van der Waals surface area contributed by atoms with Crippen LogP contribution < -0.4 is 10.6 Å². The highest BCUT2D eigenvalue weighted by molar-refractivity contribution is 5.99. The molecule has 3 amide bonds. The number of carboxylic acids is 1. The average Bonchev–Trinajstić information content (AvgIpc) is 3.35. The van der Waals surface area contributed by atoms with Crippen molar-refractivity contribution in [2.24, 2.45) is 0 Å². The number of anilines is 2. The standard InChI is InChI=1S/C26H22F3N3O4/c27-26(28,29)19-9-13-21(14-10-19)31-25(36)32-15-1-2-22(32)23(33)30-20-11-7-17(8-12-20)16-3-5-18(6-4-16)24(34)35/h3-14,22H,1-2,15H2,(H,30,33)(H,31,36)(H,34,35). The molecule has 1 atom stereocenters. The van der Waals surface area contributed by atoms with Crippen molar-refractivity contribution in [3.8, 4) is 11.1 Å².